The summed E-state index contributed by atoms with van der Waals surface area (Å²) in [6.07, 6.45) is 6.36. The van der Waals surface area contributed by atoms with E-state index in [1.807, 2.05) is 36.0 Å². The van der Waals surface area contributed by atoms with E-state index in [2.05, 4.69) is 22.5 Å². The minimum atomic E-state index is 0.430. The fourth-order valence-electron chi connectivity index (χ4n) is 2.48. The summed E-state index contributed by atoms with van der Waals surface area (Å²) in [5.74, 6) is 0. The van der Waals surface area contributed by atoms with Gasteiger partial charge in [-0.05, 0) is 38.0 Å². The number of para-hydroxylation sites is 2. The Balaban J connectivity index is 1.69. The van der Waals surface area contributed by atoms with Gasteiger partial charge in [-0.15, -0.1) is 0 Å². The summed E-state index contributed by atoms with van der Waals surface area (Å²) >= 11 is 0. The second-order valence-corrected chi connectivity index (χ2v) is 4.86. The summed E-state index contributed by atoms with van der Waals surface area (Å²) in [6, 6.07) is 10.7. The maximum atomic E-state index is 5.59. The molecule has 1 aliphatic carbocycles. The van der Waals surface area contributed by atoms with Crippen molar-refractivity contribution in [2.75, 3.05) is 11.9 Å². The molecule has 0 radical (unpaired) electrons. The standard InChI is InChI=1S/C15H19N3O/c1-2-19-13-10-12(11-13)17-14-6-3-4-7-15(14)18-9-5-8-16-18/h3-9,12-13,17H,2,10-11H2,1H3. The second-order valence-electron chi connectivity index (χ2n) is 4.86. The number of rotatable bonds is 5. The first-order valence-corrected chi connectivity index (χ1v) is 6.84. The predicted molar refractivity (Wildman–Crippen MR) is 75.6 cm³/mol. The third kappa shape index (κ3) is 2.63. The largest absolute Gasteiger partial charge is 0.380 e. The summed E-state index contributed by atoms with van der Waals surface area (Å²) < 4.78 is 7.48. The molecule has 100 valence electrons. The fourth-order valence-corrected chi connectivity index (χ4v) is 2.48. The Morgan fingerprint density at radius 1 is 1.32 bits per heavy atom. The van der Waals surface area contributed by atoms with Gasteiger partial charge in [0, 0.05) is 25.0 Å². The van der Waals surface area contributed by atoms with Gasteiger partial charge in [-0.2, -0.15) is 5.10 Å². The van der Waals surface area contributed by atoms with Crippen molar-refractivity contribution in [3.8, 4) is 5.69 Å². The van der Waals surface area contributed by atoms with Crippen LogP contribution in [-0.4, -0.2) is 28.5 Å². The molecule has 1 fully saturated rings. The minimum absolute atomic E-state index is 0.430. The van der Waals surface area contributed by atoms with E-state index in [0.717, 1.165) is 30.8 Å². The molecule has 1 heterocycles. The van der Waals surface area contributed by atoms with Crippen molar-refractivity contribution >= 4 is 5.69 Å². The number of hydrogen-bond acceptors (Lipinski definition) is 3. The van der Waals surface area contributed by atoms with E-state index in [-0.39, 0.29) is 0 Å². The Bertz CT molecular complexity index is 518. The number of benzene rings is 1. The van der Waals surface area contributed by atoms with Crippen LogP contribution in [0.15, 0.2) is 42.7 Å². The predicted octanol–water partition coefficient (Wildman–Crippen LogP) is 2.85. The lowest BCUT2D eigenvalue weighted by atomic mass is 9.89. The lowest BCUT2D eigenvalue weighted by molar-refractivity contribution is 0.00299. The average molecular weight is 257 g/mol. The van der Waals surface area contributed by atoms with E-state index in [4.69, 9.17) is 4.74 Å². The van der Waals surface area contributed by atoms with Gasteiger partial charge in [0.1, 0.15) is 0 Å². The smallest absolute Gasteiger partial charge is 0.0876 e. The molecule has 1 aliphatic rings. The van der Waals surface area contributed by atoms with Gasteiger partial charge in [0.15, 0.2) is 0 Å². The number of hydrogen-bond donors (Lipinski definition) is 1. The van der Waals surface area contributed by atoms with Crippen LogP contribution in [0.4, 0.5) is 5.69 Å². The molecule has 19 heavy (non-hydrogen) atoms. The monoisotopic (exact) mass is 257 g/mol. The van der Waals surface area contributed by atoms with Gasteiger partial charge >= 0.3 is 0 Å². The first-order valence-electron chi connectivity index (χ1n) is 6.84. The van der Waals surface area contributed by atoms with E-state index >= 15 is 0 Å². The molecular formula is C15H19N3O. The molecule has 1 aromatic carbocycles. The van der Waals surface area contributed by atoms with Gasteiger partial charge in [0.05, 0.1) is 17.5 Å². The molecule has 3 rings (SSSR count). The number of anilines is 1. The number of aromatic nitrogens is 2. The highest BCUT2D eigenvalue weighted by Crippen LogP contribution is 2.29. The summed E-state index contributed by atoms with van der Waals surface area (Å²) in [4.78, 5) is 0. The normalized spacial score (nSPS) is 21.9. The molecule has 1 saturated carbocycles. The van der Waals surface area contributed by atoms with Crippen LogP contribution >= 0.6 is 0 Å². The van der Waals surface area contributed by atoms with Gasteiger partial charge < -0.3 is 10.1 Å². The molecule has 4 nitrogen and oxygen atoms in total. The lowest BCUT2D eigenvalue weighted by Gasteiger charge is -2.36. The summed E-state index contributed by atoms with van der Waals surface area (Å²) in [7, 11) is 0. The number of nitrogens with zero attached hydrogens (tertiary/aromatic N) is 2. The van der Waals surface area contributed by atoms with Crippen LogP contribution < -0.4 is 5.32 Å². The highest BCUT2D eigenvalue weighted by molar-refractivity contribution is 5.61. The maximum absolute atomic E-state index is 5.59. The first kappa shape index (κ1) is 12.2. The van der Waals surface area contributed by atoms with E-state index in [0.29, 0.717) is 12.1 Å². The maximum Gasteiger partial charge on any atom is 0.0876 e. The molecule has 0 bridgehead atoms. The molecule has 0 saturated heterocycles. The first-order chi connectivity index (χ1) is 9.36. The van der Waals surface area contributed by atoms with Crippen LogP contribution in [0.5, 0.6) is 0 Å². The van der Waals surface area contributed by atoms with Gasteiger partial charge in [-0.25, -0.2) is 4.68 Å². The summed E-state index contributed by atoms with van der Waals surface area (Å²) in [5.41, 5.74) is 2.22. The van der Waals surface area contributed by atoms with Crippen LogP contribution in [0.2, 0.25) is 0 Å². The number of nitrogens with one attached hydrogen (secondary N) is 1. The molecule has 0 unspecified atom stereocenters. The van der Waals surface area contributed by atoms with Crippen molar-refractivity contribution in [2.24, 2.45) is 0 Å². The van der Waals surface area contributed by atoms with Crippen LogP contribution in [-0.2, 0) is 4.74 Å². The van der Waals surface area contributed by atoms with Crippen LogP contribution in [0.25, 0.3) is 5.69 Å². The van der Waals surface area contributed by atoms with E-state index in [1.165, 1.54) is 0 Å². The van der Waals surface area contributed by atoms with Crippen LogP contribution in [0.1, 0.15) is 19.8 Å². The summed E-state index contributed by atoms with van der Waals surface area (Å²) in [6.45, 7) is 2.86. The molecule has 4 heteroatoms. The third-order valence-electron chi connectivity index (χ3n) is 3.51. The van der Waals surface area contributed by atoms with Crippen molar-refractivity contribution in [1.29, 1.82) is 0 Å². The van der Waals surface area contributed by atoms with Gasteiger partial charge in [-0.1, -0.05) is 12.1 Å². The zero-order valence-corrected chi connectivity index (χ0v) is 11.1. The highest BCUT2D eigenvalue weighted by Gasteiger charge is 2.29. The molecule has 1 aromatic heterocycles. The van der Waals surface area contributed by atoms with Crippen molar-refractivity contribution in [2.45, 2.75) is 31.9 Å². The Labute approximate surface area is 113 Å². The SMILES string of the molecule is CCOC1CC(Nc2ccccc2-n2cccn2)C1. The average Bonchev–Trinajstić information content (AvgIpc) is 2.91. The lowest BCUT2D eigenvalue weighted by Crippen LogP contribution is -2.41. The van der Waals surface area contributed by atoms with Gasteiger partial charge in [0.25, 0.3) is 0 Å². The molecule has 0 amide bonds. The Morgan fingerprint density at radius 3 is 2.89 bits per heavy atom. The quantitative estimate of drug-likeness (QED) is 0.895. The van der Waals surface area contributed by atoms with Gasteiger partial charge in [-0.3, -0.25) is 0 Å². The molecule has 0 aliphatic heterocycles. The Kier molecular flexibility index (Phi) is 3.51. The highest BCUT2D eigenvalue weighted by atomic mass is 16.5. The topological polar surface area (TPSA) is 39.1 Å². The molecule has 0 atom stereocenters. The summed E-state index contributed by atoms with van der Waals surface area (Å²) in [5, 5.41) is 7.88. The van der Waals surface area contributed by atoms with Crippen molar-refractivity contribution in [1.82, 2.24) is 9.78 Å². The molecular weight excluding hydrogens is 238 g/mol. The van der Waals surface area contributed by atoms with E-state index in [1.54, 1.807) is 6.20 Å². The van der Waals surface area contributed by atoms with Crippen molar-refractivity contribution < 1.29 is 4.74 Å². The zero-order valence-electron chi connectivity index (χ0n) is 11.1. The number of ether oxygens (including phenoxy) is 1. The van der Waals surface area contributed by atoms with E-state index < -0.39 is 0 Å². The molecule has 0 spiro atoms. The van der Waals surface area contributed by atoms with Gasteiger partial charge in [0.2, 0.25) is 0 Å². The fraction of sp³-hybridized carbons (Fsp3) is 0.400. The molecule has 1 N–H and O–H groups in total. The molecule has 2 aromatic rings. The Morgan fingerprint density at radius 2 is 2.16 bits per heavy atom. The van der Waals surface area contributed by atoms with Crippen molar-refractivity contribution in [3.63, 3.8) is 0 Å². The minimum Gasteiger partial charge on any atom is -0.380 e. The van der Waals surface area contributed by atoms with E-state index in [9.17, 15) is 0 Å². The Hall–Kier alpha value is -1.81. The van der Waals surface area contributed by atoms with Crippen LogP contribution in [0.3, 0.4) is 0 Å². The third-order valence-corrected chi connectivity index (χ3v) is 3.51. The van der Waals surface area contributed by atoms with Crippen molar-refractivity contribution in [3.05, 3.63) is 42.7 Å². The van der Waals surface area contributed by atoms with Crippen LogP contribution in [0, 0.1) is 0 Å². The zero-order chi connectivity index (χ0) is 13.1. The second kappa shape index (κ2) is 5.45.